The molecule has 1 aromatic heterocycles. The largest absolute Gasteiger partial charge is 0.331 e. The fourth-order valence-corrected chi connectivity index (χ4v) is 3.26. The third kappa shape index (κ3) is 4.99. The molecule has 1 heterocycles. The molecule has 0 aliphatic carbocycles. The van der Waals surface area contributed by atoms with Crippen molar-refractivity contribution in [2.75, 3.05) is 11.4 Å². The van der Waals surface area contributed by atoms with E-state index in [4.69, 9.17) is 0 Å². The molecule has 0 aliphatic rings. The highest BCUT2D eigenvalue weighted by Crippen LogP contribution is 2.23. The van der Waals surface area contributed by atoms with Crippen LogP contribution in [-0.4, -0.2) is 33.4 Å². The lowest BCUT2D eigenvalue weighted by molar-refractivity contribution is 0.0684. The van der Waals surface area contributed by atoms with Crippen molar-refractivity contribution in [1.29, 1.82) is 0 Å². The highest BCUT2D eigenvalue weighted by atomic mass is 16.2. The summed E-state index contributed by atoms with van der Waals surface area (Å²) in [6, 6.07) is 18.3. The van der Waals surface area contributed by atoms with E-state index in [1.165, 1.54) is 5.56 Å². The zero-order valence-corrected chi connectivity index (χ0v) is 17.5. The summed E-state index contributed by atoms with van der Waals surface area (Å²) in [5, 5.41) is 0. The number of nitrogens with zero attached hydrogens (tertiary/aromatic N) is 4. The Hall–Kier alpha value is -3.21. The van der Waals surface area contributed by atoms with Crippen LogP contribution < -0.4 is 4.90 Å². The second-order valence-electron chi connectivity index (χ2n) is 7.36. The molecule has 0 fully saturated rings. The number of rotatable bonds is 7. The Morgan fingerprint density at radius 1 is 1.00 bits per heavy atom. The number of amides is 1. The average Bonchev–Trinajstić information content (AvgIpc) is 2.73. The molecule has 2 aromatic carbocycles. The van der Waals surface area contributed by atoms with Crippen LogP contribution in [0.25, 0.3) is 0 Å². The van der Waals surface area contributed by atoms with E-state index in [1.807, 2.05) is 55.1 Å². The van der Waals surface area contributed by atoms with Crippen LogP contribution in [0.3, 0.4) is 0 Å². The standard InChI is InChI=1S/C24H28N4O/c1-5-27(21-13-9-10-19(4)14-21)23-16-25-22(15-26-23)24(29)28(18(2)3)17-20-11-7-6-8-12-20/h6-16,18H,5,17H2,1-4H3. The number of aryl methyl sites for hydroxylation is 1. The van der Waals surface area contributed by atoms with Crippen LogP contribution in [0, 0.1) is 6.92 Å². The Morgan fingerprint density at radius 2 is 1.76 bits per heavy atom. The lowest BCUT2D eigenvalue weighted by Gasteiger charge is -2.27. The maximum absolute atomic E-state index is 13.1. The summed E-state index contributed by atoms with van der Waals surface area (Å²) in [6.07, 6.45) is 3.26. The van der Waals surface area contributed by atoms with Crippen LogP contribution in [0.15, 0.2) is 67.0 Å². The van der Waals surface area contributed by atoms with E-state index in [0.717, 1.165) is 23.6 Å². The number of hydrogen-bond acceptors (Lipinski definition) is 4. The van der Waals surface area contributed by atoms with E-state index in [2.05, 4.69) is 46.9 Å². The quantitative estimate of drug-likeness (QED) is 0.572. The fourth-order valence-electron chi connectivity index (χ4n) is 3.26. The first-order valence-electron chi connectivity index (χ1n) is 10.0. The summed E-state index contributed by atoms with van der Waals surface area (Å²) >= 11 is 0. The van der Waals surface area contributed by atoms with Crippen LogP contribution in [0.2, 0.25) is 0 Å². The minimum absolute atomic E-state index is 0.0589. The molecule has 150 valence electrons. The van der Waals surface area contributed by atoms with Gasteiger partial charge in [-0.15, -0.1) is 0 Å². The van der Waals surface area contributed by atoms with Gasteiger partial charge < -0.3 is 9.80 Å². The summed E-state index contributed by atoms with van der Waals surface area (Å²) in [5.74, 6) is 0.621. The van der Waals surface area contributed by atoms with E-state index in [1.54, 1.807) is 12.4 Å². The minimum Gasteiger partial charge on any atom is -0.331 e. The number of aromatic nitrogens is 2. The van der Waals surface area contributed by atoms with Gasteiger partial charge in [-0.3, -0.25) is 4.79 Å². The van der Waals surface area contributed by atoms with Gasteiger partial charge in [-0.2, -0.15) is 0 Å². The third-order valence-electron chi connectivity index (χ3n) is 4.84. The minimum atomic E-state index is -0.110. The zero-order chi connectivity index (χ0) is 20.8. The van der Waals surface area contributed by atoms with Gasteiger partial charge in [-0.25, -0.2) is 9.97 Å². The predicted molar refractivity (Wildman–Crippen MR) is 117 cm³/mol. The van der Waals surface area contributed by atoms with E-state index in [-0.39, 0.29) is 11.9 Å². The Labute approximate surface area is 173 Å². The number of benzene rings is 2. The molecule has 0 bridgehead atoms. The predicted octanol–water partition coefficient (Wildman–Crippen LogP) is 4.99. The van der Waals surface area contributed by atoms with Gasteiger partial charge in [0.05, 0.1) is 12.4 Å². The Balaban J connectivity index is 1.81. The molecule has 5 nitrogen and oxygen atoms in total. The molecule has 0 atom stereocenters. The topological polar surface area (TPSA) is 49.3 Å². The van der Waals surface area contributed by atoms with E-state index >= 15 is 0 Å². The van der Waals surface area contributed by atoms with Crippen LogP contribution in [0.1, 0.15) is 42.4 Å². The van der Waals surface area contributed by atoms with Crippen molar-refractivity contribution in [3.63, 3.8) is 0 Å². The van der Waals surface area contributed by atoms with Crippen LogP contribution in [-0.2, 0) is 6.54 Å². The normalized spacial score (nSPS) is 10.8. The van der Waals surface area contributed by atoms with Crippen molar-refractivity contribution in [3.8, 4) is 0 Å². The molecule has 0 N–H and O–H groups in total. The first kappa shape index (κ1) is 20.5. The van der Waals surface area contributed by atoms with Gasteiger partial charge in [0.2, 0.25) is 0 Å². The maximum Gasteiger partial charge on any atom is 0.274 e. The Morgan fingerprint density at radius 3 is 2.34 bits per heavy atom. The molecule has 0 saturated heterocycles. The van der Waals surface area contributed by atoms with Crippen molar-refractivity contribution < 1.29 is 4.79 Å². The number of anilines is 2. The monoisotopic (exact) mass is 388 g/mol. The smallest absolute Gasteiger partial charge is 0.274 e. The second-order valence-corrected chi connectivity index (χ2v) is 7.36. The van der Waals surface area contributed by atoms with Crippen molar-refractivity contribution in [3.05, 3.63) is 83.8 Å². The molecule has 29 heavy (non-hydrogen) atoms. The van der Waals surface area contributed by atoms with Gasteiger partial charge in [-0.1, -0.05) is 42.5 Å². The number of carbonyl (C=O) groups is 1. The average molecular weight is 389 g/mol. The SMILES string of the molecule is CCN(c1cccc(C)c1)c1cnc(C(=O)N(Cc2ccccc2)C(C)C)cn1. The van der Waals surface area contributed by atoms with Crippen molar-refractivity contribution in [2.24, 2.45) is 0 Å². The zero-order valence-electron chi connectivity index (χ0n) is 17.5. The molecule has 5 heteroatoms. The summed E-state index contributed by atoms with van der Waals surface area (Å²) in [5.41, 5.74) is 3.71. The molecular formula is C24H28N4O. The highest BCUT2D eigenvalue weighted by Gasteiger charge is 2.21. The first-order valence-corrected chi connectivity index (χ1v) is 10.0. The van der Waals surface area contributed by atoms with Gasteiger partial charge in [0.25, 0.3) is 5.91 Å². The number of carbonyl (C=O) groups excluding carboxylic acids is 1. The van der Waals surface area contributed by atoms with Crippen LogP contribution in [0.4, 0.5) is 11.5 Å². The summed E-state index contributed by atoms with van der Waals surface area (Å²) in [6.45, 7) is 9.47. The molecule has 1 amide bonds. The summed E-state index contributed by atoms with van der Waals surface area (Å²) < 4.78 is 0. The second kappa shape index (κ2) is 9.32. The van der Waals surface area contributed by atoms with Gasteiger partial charge in [0.15, 0.2) is 5.82 Å². The Bertz CT molecular complexity index is 939. The Kier molecular flexibility index (Phi) is 6.60. The fraction of sp³-hybridized carbons (Fsp3) is 0.292. The third-order valence-corrected chi connectivity index (χ3v) is 4.84. The first-order chi connectivity index (χ1) is 14.0. The molecule has 0 radical (unpaired) electrons. The lowest BCUT2D eigenvalue weighted by Crippen LogP contribution is -2.37. The molecule has 0 spiro atoms. The summed E-state index contributed by atoms with van der Waals surface area (Å²) in [7, 11) is 0. The summed E-state index contributed by atoms with van der Waals surface area (Å²) in [4.78, 5) is 26.0. The van der Waals surface area contributed by atoms with Crippen LogP contribution >= 0.6 is 0 Å². The highest BCUT2D eigenvalue weighted by molar-refractivity contribution is 5.92. The van der Waals surface area contributed by atoms with Crippen molar-refractivity contribution >= 4 is 17.4 Å². The van der Waals surface area contributed by atoms with Crippen molar-refractivity contribution in [1.82, 2.24) is 14.9 Å². The molecular weight excluding hydrogens is 360 g/mol. The van der Waals surface area contributed by atoms with Gasteiger partial charge in [0, 0.05) is 24.8 Å². The number of hydrogen-bond donors (Lipinski definition) is 0. The maximum atomic E-state index is 13.1. The molecule has 3 rings (SSSR count). The molecule has 0 unspecified atom stereocenters. The van der Waals surface area contributed by atoms with Crippen LogP contribution in [0.5, 0.6) is 0 Å². The van der Waals surface area contributed by atoms with Gasteiger partial charge >= 0.3 is 0 Å². The molecule has 0 saturated carbocycles. The van der Waals surface area contributed by atoms with E-state index < -0.39 is 0 Å². The van der Waals surface area contributed by atoms with Crippen molar-refractivity contribution in [2.45, 2.75) is 40.3 Å². The lowest BCUT2D eigenvalue weighted by atomic mass is 10.1. The van der Waals surface area contributed by atoms with Gasteiger partial charge in [0.1, 0.15) is 5.69 Å². The van der Waals surface area contributed by atoms with Gasteiger partial charge in [-0.05, 0) is 51.0 Å². The van der Waals surface area contributed by atoms with E-state index in [0.29, 0.717) is 12.2 Å². The van der Waals surface area contributed by atoms with E-state index in [9.17, 15) is 4.79 Å². The molecule has 3 aromatic rings. The molecule has 0 aliphatic heterocycles.